The summed E-state index contributed by atoms with van der Waals surface area (Å²) in [5.41, 5.74) is 14.0. The zero-order chi connectivity index (χ0) is 25.1. The summed E-state index contributed by atoms with van der Waals surface area (Å²) in [5.74, 6) is -0.255. The van der Waals surface area contributed by atoms with Crippen molar-refractivity contribution < 1.29 is 29.3 Å². The molecular formula is C19H25N9O6. The Bertz CT molecular complexity index is 1120. The lowest BCUT2D eigenvalue weighted by atomic mass is 10.1. The van der Waals surface area contributed by atoms with Crippen molar-refractivity contribution in [2.45, 2.75) is 25.4 Å². The Kier molecular flexibility index (Phi) is 9.60. The van der Waals surface area contributed by atoms with Crippen LogP contribution in [0.25, 0.3) is 10.9 Å². The zero-order valence-corrected chi connectivity index (χ0v) is 18.1. The van der Waals surface area contributed by atoms with Crippen molar-refractivity contribution >= 4 is 47.2 Å². The minimum absolute atomic E-state index is 0.0496. The van der Waals surface area contributed by atoms with Crippen LogP contribution in [0.5, 0.6) is 0 Å². The molecule has 15 nitrogen and oxygen atoms in total. The number of carbonyl (C=O) groups excluding carboxylic acids is 1. The number of aromatic nitrogens is 5. The van der Waals surface area contributed by atoms with Gasteiger partial charge in [-0.3, -0.25) is 19.5 Å². The molecule has 0 saturated carbocycles. The first kappa shape index (κ1) is 25.9. The van der Waals surface area contributed by atoms with Crippen LogP contribution >= 0.6 is 0 Å². The molecule has 34 heavy (non-hydrogen) atoms. The van der Waals surface area contributed by atoms with Gasteiger partial charge in [0, 0.05) is 29.8 Å². The number of nitrogens with one attached hydrogen (secondary N) is 3. The maximum absolute atomic E-state index is 11.8. The van der Waals surface area contributed by atoms with Gasteiger partial charge in [0.15, 0.2) is 11.5 Å². The fourth-order valence-corrected chi connectivity index (χ4v) is 3.18. The van der Waals surface area contributed by atoms with Crippen LogP contribution in [-0.4, -0.2) is 79.7 Å². The first-order valence-electron chi connectivity index (χ1n) is 9.85. The number of benzene rings is 1. The van der Waals surface area contributed by atoms with Gasteiger partial charge in [-0.15, -0.1) is 10.2 Å². The van der Waals surface area contributed by atoms with Gasteiger partial charge in [0.25, 0.3) is 18.9 Å². The summed E-state index contributed by atoms with van der Waals surface area (Å²) in [6.45, 7) is 2.53. The number of primary amides is 1. The number of carbonyl (C=O) groups is 3. The zero-order valence-electron chi connectivity index (χ0n) is 18.1. The Labute approximate surface area is 192 Å². The second kappa shape index (κ2) is 12.6. The molecule has 0 radical (unpaired) electrons. The third-order valence-corrected chi connectivity index (χ3v) is 4.66. The van der Waals surface area contributed by atoms with Crippen molar-refractivity contribution in [2.75, 3.05) is 23.8 Å². The first-order chi connectivity index (χ1) is 16.3. The maximum atomic E-state index is 11.8. The third kappa shape index (κ3) is 6.81. The standard InChI is InChI=1S/C17H21N9O2.2CH2O2/c1-8-4-9(5-13-10(8)6-20-24-13)21-16-14(15(19)27)25-26-17(23-16)22-12-2-3-28-7-11(12)18;2*2-1-3/h4-6,11-12H,2-3,7,18H2,1H3,(H2,19,27)(H,20,24)(H2,21,22,23,26);2*1H,(H,2,3)/t11-,12+;;/m0../s1. The largest absolute Gasteiger partial charge is 0.483 e. The highest BCUT2D eigenvalue weighted by atomic mass is 16.5. The average Bonchev–Trinajstić information content (AvgIpc) is 3.26. The number of anilines is 3. The number of fused-ring (bicyclic) bond motifs is 1. The molecule has 15 heteroatoms. The van der Waals surface area contributed by atoms with Crippen molar-refractivity contribution in [3.63, 3.8) is 0 Å². The van der Waals surface area contributed by atoms with Crippen molar-refractivity contribution in [1.29, 1.82) is 0 Å². The Morgan fingerprint density at radius 3 is 2.62 bits per heavy atom. The van der Waals surface area contributed by atoms with Gasteiger partial charge < -0.3 is 37.1 Å². The second-order valence-electron chi connectivity index (χ2n) is 6.94. The molecule has 0 bridgehead atoms. The van der Waals surface area contributed by atoms with Gasteiger partial charge in [0.1, 0.15) is 0 Å². The van der Waals surface area contributed by atoms with Gasteiger partial charge in [0.05, 0.1) is 18.3 Å². The fourth-order valence-electron chi connectivity index (χ4n) is 3.18. The maximum Gasteiger partial charge on any atom is 0.290 e. The lowest BCUT2D eigenvalue weighted by molar-refractivity contribution is -0.123. The lowest BCUT2D eigenvalue weighted by Gasteiger charge is -2.29. The molecule has 182 valence electrons. The van der Waals surface area contributed by atoms with E-state index in [-0.39, 0.29) is 42.5 Å². The minimum atomic E-state index is -0.726. The molecule has 3 heterocycles. The molecule has 0 unspecified atom stereocenters. The highest BCUT2D eigenvalue weighted by molar-refractivity contribution is 5.96. The summed E-state index contributed by atoms with van der Waals surface area (Å²) in [7, 11) is 0. The quantitative estimate of drug-likeness (QED) is 0.237. The summed E-state index contributed by atoms with van der Waals surface area (Å²) < 4.78 is 5.34. The molecule has 1 fully saturated rings. The molecule has 1 saturated heterocycles. The van der Waals surface area contributed by atoms with Crippen LogP contribution in [0.3, 0.4) is 0 Å². The molecule has 2 aromatic heterocycles. The molecule has 1 amide bonds. The van der Waals surface area contributed by atoms with Gasteiger partial charge in [-0.05, 0) is 31.0 Å². The highest BCUT2D eigenvalue weighted by Gasteiger charge is 2.24. The second-order valence-corrected chi connectivity index (χ2v) is 6.94. The summed E-state index contributed by atoms with van der Waals surface area (Å²) in [6, 6.07) is 3.55. The smallest absolute Gasteiger partial charge is 0.290 e. The fraction of sp³-hybridized carbons (Fsp3) is 0.316. The first-order valence-corrected chi connectivity index (χ1v) is 9.85. The van der Waals surface area contributed by atoms with Crippen molar-refractivity contribution in [3.8, 4) is 0 Å². The summed E-state index contributed by atoms with van der Waals surface area (Å²) in [4.78, 5) is 32.9. The van der Waals surface area contributed by atoms with E-state index in [1.807, 2.05) is 19.1 Å². The molecule has 1 aliphatic heterocycles. The van der Waals surface area contributed by atoms with Crippen LogP contribution in [0.4, 0.5) is 17.5 Å². The number of H-pyrrole nitrogens is 1. The van der Waals surface area contributed by atoms with E-state index < -0.39 is 5.91 Å². The number of amides is 1. The normalized spacial score (nSPS) is 16.8. The van der Waals surface area contributed by atoms with E-state index in [4.69, 9.17) is 36.0 Å². The van der Waals surface area contributed by atoms with Gasteiger partial charge >= 0.3 is 0 Å². The van der Waals surface area contributed by atoms with Crippen LogP contribution in [0.1, 0.15) is 22.5 Å². The number of rotatable bonds is 5. The van der Waals surface area contributed by atoms with E-state index in [0.29, 0.717) is 18.9 Å². The number of hydrogen-bond acceptors (Lipinski definition) is 11. The van der Waals surface area contributed by atoms with Crippen LogP contribution in [0.15, 0.2) is 18.3 Å². The van der Waals surface area contributed by atoms with E-state index >= 15 is 0 Å². The number of aryl methyl sites for hydroxylation is 1. The number of hydrogen-bond donors (Lipinski definition) is 7. The molecule has 3 aromatic rings. The predicted octanol–water partition coefficient (Wildman–Crippen LogP) is -0.171. The van der Waals surface area contributed by atoms with Crippen LogP contribution in [0, 0.1) is 6.92 Å². The molecule has 1 aliphatic rings. The minimum Gasteiger partial charge on any atom is -0.483 e. The Morgan fingerprint density at radius 2 is 1.97 bits per heavy atom. The van der Waals surface area contributed by atoms with Crippen LogP contribution in [-0.2, 0) is 14.3 Å². The number of ether oxygens (including phenoxy) is 1. The Balaban J connectivity index is 0.000000618. The Morgan fingerprint density at radius 1 is 1.26 bits per heavy atom. The van der Waals surface area contributed by atoms with E-state index in [1.54, 1.807) is 6.20 Å². The number of carboxylic acid groups (broad SMARTS) is 2. The number of aromatic amines is 1. The molecule has 2 atom stereocenters. The molecule has 0 aliphatic carbocycles. The van der Waals surface area contributed by atoms with Crippen molar-refractivity contribution in [1.82, 2.24) is 25.4 Å². The van der Waals surface area contributed by atoms with Crippen molar-refractivity contribution in [2.24, 2.45) is 11.5 Å². The highest BCUT2D eigenvalue weighted by Crippen LogP contribution is 2.25. The monoisotopic (exact) mass is 475 g/mol. The van der Waals surface area contributed by atoms with Gasteiger partial charge in [-0.2, -0.15) is 10.1 Å². The molecule has 9 N–H and O–H groups in total. The number of nitrogens with two attached hydrogens (primary N) is 2. The van der Waals surface area contributed by atoms with Gasteiger partial charge in [-0.25, -0.2) is 0 Å². The topological polar surface area (TPSA) is 244 Å². The van der Waals surface area contributed by atoms with Crippen LogP contribution < -0.4 is 22.1 Å². The average molecular weight is 475 g/mol. The summed E-state index contributed by atoms with van der Waals surface area (Å²) in [6.07, 6.45) is 2.48. The predicted molar refractivity (Wildman–Crippen MR) is 121 cm³/mol. The van der Waals surface area contributed by atoms with Gasteiger partial charge in [-0.1, -0.05) is 0 Å². The molecule has 1 aromatic carbocycles. The molecule has 0 spiro atoms. The summed E-state index contributed by atoms with van der Waals surface area (Å²) in [5, 5.41) is 35.9. The SMILES string of the molecule is Cc1cc(Nc2nc(N[C@@H]3CCOC[C@@H]3N)nnc2C(N)=O)cc2[nH]ncc12.O=CO.O=CO. The van der Waals surface area contributed by atoms with E-state index in [9.17, 15) is 4.79 Å². The lowest BCUT2D eigenvalue weighted by Crippen LogP contribution is -2.48. The van der Waals surface area contributed by atoms with E-state index in [0.717, 1.165) is 22.9 Å². The molecule has 4 rings (SSSR count). The molecular weight excluding hydrogens is 450 g/mol. The van der Waals surface area contributed by atoms with Crippen LogP contribution in [0.2, 0.25) is 0 Å². The van der Waals surface area contributed by atoms with E-state index in [1.165, 1.54) is 0 Å². The Hall–Kier alpha value is -4.37. The third-order valence-electron chi connectivity index (χ3n) is 4.66. The van der Waals surface area contributed by atoms with Gasteiger partial charge in [0.2, 0.25) is 5.95 Å². The van der Waals surface area contributed by atoms with E-state index in [2.05, 4.69) is 36.0 Å². The summed E-state index contributed by atoms with van der Waals surface area (Å²) >= 11 is 0. The number of nitrogens with zero attached hydrogens (tertiary/aromatic N) is 4. The van der Waals surface area contributed by atoms with Crippen molar-refractivity contribution in [3.05, 3.63) is 29.6 Å².